The third-order valence-electron chi connectivity index (χ3n) is 3.29. The maximum atomic E-state index is 4.30. The molecule has 0 saturated carbocycles. The van der Waals surface area contributed by atoms with Crippen LogP contribution in [0.1, 0.15) is 58.3 Å². The van der Waals surface area contributed by atoms with Crippen LogP contribution in [0.4, 0.5) is 0 Å². The SMILES string of the molecule is CCCCCCCCCCN(C)C(=NC)N(C)C. The molecule has 0 aromatic heterocycles. The van der Waals surface area contributed by atoms with Gasteiger partial charge in [0.15, 0.2) is 5.96 Å². The quantitative estimate of drug-likeness (QED) is 0.356. The van der Waals surface area contributed by atoms with Gasteiger partial charge >= 0.3 is 0 Å². The van der Waals surface area contributed by atoms with Gasteiger partial charge in [-0.3, -0.25) is 4.99 Å². The molecule has 0 aromatic rings. The van der Waals surface area contributed by atoms with E-state index in [1.54, 1.807) is 0 Å². The van der Waals surface area contributed by atoms with Crippen molar-refractivity contribution >= 4 is 5.96 Å². The number of hydrogen-bond acceptors (Lipinski definition) is 1. The standard InChI is InChI=1S/C15H33N3/c1-6-7-8-9-10-11-12-13-14-18(5)15(16-2)17(3)4/h6-14H2,1-5H3. The molecule has 3 nitrogen and oxygen atoms in total. The molecule has 0 atom stereocenters. The predicted octanol–water partition coefficient (Wildman–Crippen LogP) is 3.61. The molecular weight excluding hydrogens is 222 g/mol. The minimum Gasteiger partial charge on any atom is -0.349 e. The van der Waals surface area contributed by atoms with Crippen molar-refractivity contribution in [1.29, 1.82) is 0 Å². The van der Waals surface area contributed by atoms with E-state index < -0.39 is 0 Å². The monoisotopic (exact) mass is 255 g/mol. The summed E-state index contributed by atoms with van der Waals surface area (Å²) in [7, 11) is 8.09. The Morgan fingerprint density at radius 3 is 1.78 bits per heavy atom. The summed E-state index contributed by atoms with van der Waals surface area (Å²) in [6.45, 7) is 3.38. The van der Waals surface area contributed by atoms with E-state index in [0.717, 1.165) is 12.5 Å². The normalized spacial score (nSPS) is 11.7. The van der Waals surface area contributed by atoms with Gasteiger partial charge in [-0.25, -0.2) is 0 Å². The first-order valence-corrected chi connectivity index (χ1v) is 7.48. The van der Waals surface area contributed by atoms with Crippen LogP contribution in [-0.4, -0.2) is 50.5 Å². The Hall–Kier alpha value is -0.730. The number of guanidine groups is 1. The maximum absolute atomic E-state index is 4.30. The van der Waals surface area contributed by atoms with Crippen LogP contribution in [0, 0.1) is 0 Å². The molecule has 0 rings (SSSR count). The van der Waals surface area contributed by atoms with E-state index in [2.05, 4.69) is 28.8 Å². The second-order valence-corrected chi connectivity index (χ2v) is 5.31. The Kier molecular flexibility index (Phi) is 10.9. The fourth-order valence-corrected chi connectivity index (χ4v) is 2.29. The Bertz CT molecular complexity index is 212. The van der Waals surface area contributed by atoms with Crippen molar-refractivity contribution in [2.45, 2.75) is 58.3 Å². The molecule has 0 unspecified atom stereocenters. The molecule has 0 aliphatic rings. The molecule has 0 saturated heterocycles. The minimum absolute atomic E-state index is 1.07. The first-order valence-electron chi connectivity index (χ1n) is 7.48. The molecule has 0 N–H and O–H groups in total. The number of aliphatic imine (C=N–C) groups is 1. The van der Waals surface area contributed by atoms with Crippen molar-refractivity contribution in [3.05, 3.63) is 0 Å². The zero-order chi connectivity index (χ0) is 13.8. The van der Waals surface area contributed by atoms with Crippen LogP contribution < -0.4 is 0 Å². The topological polar surface area (TPSA) is 18.8 Å². The molecule has 0 bridgehead atoms. The lowest BCUT2D eigenvalue weighted by molar-refractivity contribution is 0.406. The summed E-state index contributed by atoms with van der Waals surface area (Å²) in [5, 5.41) is 0. The van der Waals surface area contributed by atoms with Crippen molar-refractivity contribution in [2.75, 3.05) is 34.7 Å². The fraction of sp³-hybridized carbons (Fsp3) is 0.933. The summed E-state index contributed by atoms with van der Waals surface area (Å²) in [6.07, 6.45) is 11.0. The van der Waals surface area contributed by atoms with Gasteiger partial charge in [0.05, 0.1) is 0 Å². The van der Waals surface area contributed by atoms with Crippen LogP contribution >= 0.6 is 0 Å². The number of unbranched alkanes of at least 4 members (excludes halogenated alkanes) is 7. The second kappa shape index (κ2) is 11.4. The number of rotatable bonds is 9. The largest absolute Gasteiger partial charge is 0.349 e. The van der Waals surface area contributed by atoms with Crippen LogP contribution in [0.5, 0.6) is 0 Å². The smallest absolute Gasteiger partial charge is 0.195 e. The van der Waals surface area contributed by atoms with Crippen molar-refractivity contribution in [3.63, 3.8) is 0 Å². The lowest BCUT2D eigenvalue weighted by Gasteiger charge is -2.26. The van der Waals surface area contributed by atoms with E-state index in [0.29, 0.717) is 0 Å². The molecule has 0 heterocycles. The van der Waals surface area contributed by atoms with Crippen LogP contribution in [0.2, 0.25) is 0 Å². The maximum Gasteiger partial charge on any atom is 0.195 e. The van der Waals surface area contributed by atoms with Crippen LogP contribution in [0.3, 0.4) is 0 Å². The van der Waals surface area contributed by atoms with E-state index in [1.807, 2.05) is 21.1 Å². The highest BCUT2D eigenvalue weighted by molar-refractivity contribution is 5.79. The van der Waals surface area contributed by atoms with Crippen LogP contribution in [0.25, 0.3) is 0 Å². The number of hydrogen-bond donors (Lipinski definition) is 0. The summed E-state index contributed by atoms with van der Waals surface area (Å²) in [5.41, 5.74) is 0. The average molecular weight is 255 g/mol. The zero-order valence-electron chi connectivity index (χ0n) is 13.2. The molecule has 0 radical (unpaired) electrons. The van der Waals surface area contributed by atoms with Gasteiger partial charge in [0.25, 0.3) is 0 Å². The van der Waals surface area contributed by atoms with E-state index in [9.17, 15) is 0 Å². The molecule has 0 amide bonds. The Labute approximate surface area is 114 Å². The van der Waals surface area contributed by atoms with E-state index in [1.165, 1.54) is 51.4 Å². The second-order valence-electron chi connectivity index (χ2n) is 5.31. The number of nitrogens with zero attached hydrogens (tertiary/aromatic N) is 3. The van der Waals surface area contributed by atoms with Gasteiger partial charge in [-0.15, -0.1) is 0 Å². The third kappa shape index (κ3) is 8.37. The molecular formula is C15H33N3. The Morgan fingerprint density at radius 1 is 0.833 bits per heavy atom. The molecule has 0 aliphatic carbocycles. The van der Waals surface area contributed by atoms with E-state index in [4.69, 9.17) is 0 Å². The average Bonchev–Trinajstić information content (AvgIpc) is 2.33. The van der Waals surface area contributed by atoms with Gasteiger partial charge in [0.2, 0.25) is 0 Å². The molecule has 3 heteroatoms. The van der Waals surface area contributed by atoms with Gasteiger partial charge in [0, 0.05) is 34.7 Å². The molecule has 0 spiro atoms. The van der Waals surface area contributed by atoms with Gasteiger partial charge in [0.1, 0.15) is 0 Å². The first-order chi connectivity index (χ1) is 8.63. The van der Waals surface area contributed by atoms with Crippen molar-refractivity contribution in [2.24, 2.45) is 4.99 Å². The zero-order valence-corrected chi connectivity index (χ0v) is 13.2. The molecule has 0 aromatic carbocycles. The first kappa shape index (κ1) is 17.3. The van der Waals surface area contributed by atoms with E-state index in [-0.39, 0.29) is 0 Å². The highest BCUT2D eigenvalue weighted by Gasteiger charge is 2.06. The minimum atomic E-state index is 1.07. The summed E-state index contributed by atoms with van der Waals surface area (Å²) >= 11 is 0. The fourth-order valence-electron chi connectivity index (χ4n) is 2.29. The molecule has 0 fully saturated rings. The summed E-state index contributed by atoms with van der Waals surface area (Å²) < 4.78 is 0. The highest BCUT2D eigenvalue weighted by Crippen LogP contribution is 2.08. The van der Waals surface area contributed by atoms with Gasteiger partial charge in [-0.05, 0) is 6.42 Å². The summed E-state index contributed by atoms with van der Waals surface area (Å²) in [4.78, 5) is 8.63. The van der Waals surface area contributed by atoms with Crippen molar-refractivity contribution < 1.29 is 0 Å². The van der Waals surface area contributed by atoms with Gasteiger partial charge < -0.3 is 9.80 Å². The Balaban J connectivity index is 3.48. The summed E-state index contributed by atoms with van der Waals surface area (Å²) in [5.74, 6) is 1.07. The lowest BCUT2D eigenvalue weighted by Crippen LogP contribution is -2.38. The van der Waals surface area contributed by atoms with Crippen LogP contribution in [-0.2, 0) is 0 Å². The van der Waals surface area contributed by atoms with Gasteiger partial charge in [-0.1, -0.05) is 51.9 Å². The lowest BCUT2D eigenvalue weighted by atomic mass is 10.1. The third-order valence-corrected chi connectivity index (χ3v) is 3.29. The highest BCUT2D eigenvalue weighted by atomic mass is 15.3. The van der Waals surface area contributed by atoms with Crippen molar-refractivity contribution in [1.82, 2.24) is 9.80 Å². The molecule has 108 valence electrons. The van der Waals surface area contributed by atoms with Crippen LogP contribution in [0.15, 0.2) is 4.99 Å². The molecule has 18 heavy (non-hydrogen) atoms. The molecule has 0 aliphatic heterocycles. The predicted molar refractivity (Wildman–Crippen MR) is 82.3 cm³/mol. The van der Waals surface area contributed by atoms with Gasteiger partial charge in [-0.2, -0.15) is 0 Å². The van der Waals surface area contributed by atoms with Crippen molar-refractivity contribution in [3.8, 4) is 0 Å². The summed E-state index contributed by atoms with van der Waals surface area (Å²) in [6, 6.07) is 0. The van der Waals surface area contributed by atoms with E-state index >= 15 is 0 Å². The Morgan fingerprint density at radius 2 is 1.33 bits per heavy atom.